The molecule has 28 heavy (non-hydrogen) atoms. The van der Waals surface area contributed by atoms with Crippen molar-refractivity contribution in [3.8, 4) is 0 Å². The normalized spacial score (nSPS) is 10.7. The molecule has 0 atom stereocenters. The molecule has 138 valence electrons. The number of nitrogen functional groups attached to an aromatic ring is 1. The fraction of sp³-hybridized carbons (Fsp3) is 0. The lowest BCUT2D eigenvalue weighted by Crippen LogP contribution is -1.92. The Morgan fingerprint density at radius 3 is 1.21 bits per heavy atom. The third kappa shape index (κ3) is 4.96. The predicted molar refractivity (Wildman–Crippen MR) is 123 cm³/mol. The molecule has 4 rings (SSSR count). The van der Waals surface area contributed by atoms with Crippen LogP contribution in [0.2, 0.25) is 0 Å². The molecule has 0 amide bonds. The molecule has 4 aromatic carbocycles. The van der Waals surface area contributed by atoms with Gasteiger partial charge in [0.2, 0.25) is 0 Å². The summed E-state index contributed by atoms with van der Waals surface area (Å²) in [5.41, 5.74) is 7.25. The van der Waals surface area contributed by atoms with Crippen LogP contribution in [-0.2, 0) is 0 Å². The first-order valence-corrected chi connectivity index (χ1v) is 11.3. The molecule has 0 spiro atoms. The van der Waals surface area contributed by atoms with Crippen LogP contribution in [0.4, 0.5) is 5.69 Å². The minimum atomic E-state index is 0.810. The quantitative estimate of drug-likeness (QED) is 0.325. The summed E-state index contributed by atoms with van der Waals surface area (Å²) in [6, 6.07) is 35.6. The lowest BCUT2D eigenvalue weighted by molar-refractivity contribution is 1.18. The maximum Gasteiger partial charge on any atom is 0.0468 e. The summed E-state index contributed by atoms with van der Waals surface area (Å²) in [6.07, 6.45) is 0. The second-order valence-corrected chi connectivity index (χ2v) is 9.43. The Morgan fingerprint density at radius 2 is 0.786 bits per heavy atom. The largest absolute Gasteiger partial charge is 0.398 e. The molecule has 4 aromatic rings. The van der Waals surface area contributed by atoms with Gasteiger partial charge >= 0.3 is 0 Å². The first-order valence-electron chi connectivity index (χ1n) is 8.90. The Balaban J connectivity index is 1.70. The van der Waals surface area contributed by atoms with Crippen LogP contribution in [0.5, 0.6) is 0 Å². The number of nitrogens with two attached hydrogens (primary N) is 1. The van der Waals surface area contributed by atoms with Crippen molar-refractivity contribution in [3.05, 3.63) is 103 Å². The summed E-state index contributed by atoms with van der Waals surface area (Å²) < 4.78 is 0. The van der Waals surface area contributed by atoms with Crippen molar-refractivity contribution in [1.29, 1.82) is 0 Å². The number of benzene rings is 4. The highest BCUT2D eigenvalue weighted by atomic mass is 32.2. The Bertz CT molecular complexity index is 1040. The zero-order chi connectivity index (χ0) is 19.2. The van der Waals surface area contributed by atoms with E-state index in [4.69, 9.17) is 5.73 Å². The van der Waals surface area contributed by atoms with Gasteiger partial charge in [0, 0.05) is 35.1 Å². The van der Waals surface area contributed by atoms with E-state index in [1.165, 1.54) is 24.5 Å². The highest BCUT2D eigenvalue weighted by Crippen LogP contribution is 2.44. The molecule has 0 saturated carbocycles. The van der Waals surface area contributed by atoms with Gasteiger partial charge in [-0.3, -0.25) is 0 Å². The van der Waals surface area contributed by atoms with E-state index in [2.05, 4.69) is 84.9 Å². The Morgan fingerprint density at radius 1 is 0.429 bits per heavy atom. The fourth-order valence-electron chi connectivity index (χ4n) is 2.65. The van der Waals surface area contributed by atoms with E-state index in [0.717, 1.165) is 10.6 Å². The fourth-order valence-corrected chi connectivity index (χ4v) is 5.65. The molecule has 0 heterocycles. The van der Waals surface area contributed by atoms with Crippen molar-refractivity contribution in [2.24, 2.45) is 0 Å². The summed E-state index contributed by atoms with van der Waals surface area (Å²) in [5.74, 6) is 0. The van der Waals surface area contributed by atoms with Gasteiger partial charge in [0.25, 0.3) is 0 Å². The van der Waals surface area contributed by atoms with Crippen LogP contribution in [0.3, 0.4) is 0 Å². The lowest BCUT2D eigenvalue weighted by Gasteiger charge is -2.14. The second kappa shape index (κ2) is 9.28. The monoisotopic (exact) mass is 417 g/mol. The van der Waals surface area contributed by atoms with Gasteiger partial charge in [-0.05, 0) is 48.5 Å². The van der Waals surface area contributed by atoms with Gasteiger partial charge in [-0.2, -0.15) is 0 Å². The van der Waals surface area contributed by atoms with E-state index >= 15 is 0 Å². The third-order valence-corrected chi connectivity index (χ3v) is 7.33. The van der Waals surface area contributed by atoms with Crippen molar-refractivity contribution in [1.82, 2.24) is 0 Å². The van der Waals surface area contributed by atoms with Gasteiger partial charge in [-0.1, -0.05) is 89.9 Å². The van der Waals surface area contributed by atoms with E-state index in [9.17, 15) is 0 Å². The third-order valence-electron chi connectivity index (χ3n) is 3.99. The van der Waals surface area contributed by atoms with Gasteiger partial charge in [-0.15, -0.1) is 0 Å². The van der Waals surface area contributed by atoms with Crippen molar-refractivity contribution in [2.45, 2.75) is 29.4 Å². The van der Waals surface area contributed by atoms with E-state index in [1.807, 2.05) is 18.2 Å². The van der Waals surface area contributed by atoms with Crippen LogP contribution in [0.15, 0.2) is 133 Å². The molecule has 0 aliphatic rings. The van der Waals surface area contributed by atoms with Crippen LogP contribution in [0.25, 0.3) is 0 Å². The molecule has 0 aromatic heterocycles. The number of hydrogen-bond donors (Lipinski definition) is 1. The molecular weight excluding hydrogens is 398 g/mol. The summed E-state index contributed by atoms with van der Waals surface area (Å²) in [4.78, 5) is 7.09. The maximum absolute atomic E-state index is 6.44. The summed E-state index contributed by atoms with van der Waals surface area (Å²) >= 11 is 5.24. The van der Waals surface area contributed by atoms with Gasteiger partial charge in [-0.25, -0.2) is 0 Å². The van der Waals surface area contributed by atoms with E-state index in [0.29, 0.717) is 0 Å². The molecular formula is C24H19NS3. The van der Waals surface area contributed by atoms with Crippen LogP contribution in [-0.4, -0.2) is 0 Å². The zero-order valence-corrected chi connectivity index (χ0v) is 17.6. The molecule has 0 radical (unpaired) electrons. The number of hydrogen-bond acceptors (Lipinski definition) is 4. The average Bonchev–Trinajstić information content (AvgIpc) is 2.74. The van der Waals surface area contributed by atoms with E-state index in [-0.39, 0.29) is 0 Å². The Labute approximate surface area is 178 Å². The smallest absolute Gasteiger partial charge is 0.0468 e. The predicted octanol–water partition coefficient (Wildman–Crippen LogP) is 7.72. The van der Waals surface area contributed by atoms with Gasteiger partial charge in [0.05, 0.1) is 0 Å². The standard InChI is InChI=1S/C24H19NS3/c25-21-16-23(27-19-12-6-2-7-13-19)24(28-20-14-8-3-9-15-20)17-22(21)26-18-10-4-1-5-11-18/h1-17H,25H2. The molecule has 2 N–H and O–H groups in total. The van der Waals surface area contributed by atoms with Crippen LogP contribution in [0.1, 0.15) is 0 Å². The van der Waals surface area contributed by atoms with Gasteiger partial charge in [0.1, 0.15) is 0 Å². The van der Waals surface area contributed by atoms with Crippen molar-refractivity contribution >= 4 is 41.0 Å². The van der Waals surface area contributed by atoms with Gasteiger partial charge < -0.3 is 5.73 Å². The van der Waals surface area contributed by atoms with E-state index in [1.54, 1.807) is 35.3 Å². The maximum atomic E-state index is 6.44. The molecule has 0 aliphatic carbocycles. The molecule has 0 aliphatic heterocycles. The van der Waals surface area contributed by atoms with E-state index < -0.39 is 0 Å². The Kier molecular flexibility index (Phi) is 6.32. The first kappa shape index (κ1) is 19.1. The zero-order valence-electron chi connectivity index (χ0n) is 15.1. The minimum absolute atomic E-state index is 0.810. The van der Waals surface area contributed by atoms with Crippen LogP contribution < -0.4 is 5.73 Å². The average molecular weight is 418 g/mol. The highest BCUT2D eigenvalue weighted by Gasteiger charge is 2.12. The molecule has 0 unspecified atom stereocenters. The molecule has 4 heteroatoms. The molecule has 1 nitrogen and oxygen atoms in total. The summed E-state index contributed by atoms with van der Waals surface area (Å²) in [5, 5.41) is 0. The van der Waals surface area contributed by atoms with Crippen molar-refractivity contribution in [3.63, 3.8) is 0 Å². The molecule has 0 fully saturated rings. The number of anilines is 1. The number of rotatable bonds is 6. The highest BCUT2D eigenvalue weighted by molar-refractivity contribution is 8.02. The summed E-state index contributed by atoms with van der Waals surface area (Å²) in [6.45, 7) is 0. The SMILES string of the molecule is Nc1cc(Sc2ccccc2)c(Sc2ccccc2)cc1Sc1ccccc1. The van der Waals surface area contributed by atoms with Crippen molar-refractivity contribution < 1.29 is 0 Å². The lowest BCUT2D eigenvalue weighted by atomic mass is 10.3. The Hall–Kier alpha value is -2.27. The second-order valence-electron chi connectivity index (χ2n) is 6.08. The molecule has 0 saturated heterocycles. The minimum Gasteiger partial charge on any atom is -0.398 e. The summed E-state index contributed by atoms with van der Waals surface area (Å²) in [7, 11) is 0. The van der Waals surface area contributed by atoms with Gasteiger partial charge in [0.15, 0.2) is 0 Å². The first-order chi connectivity index (χ1) is 13.8. The van der Waals surface area contributed by atoms with Crippen LogP contribution in [0, 0.1) is 0 Å². The molecule has 0 bridgehead atoms. The van der Waals surface area contributed by atoms with Crippen LogP contribution >= 0.6 is 35.3 Å². The van der Waals surface area contributed by atoms with Crippen molar-refractivity contribution in [2.75, 3.05) is 5.73 Å². The topological polar surface area (TPSA) is 26.0 Å².